The molecule has 2 aliphatic heterocycles. The number of hydrogen-bond acceptors (Lipinski definition) is 6. The number of aryl methyl sites for hydroxylation is 1. The van der Waals surface area contributed by atoms with Crippen LogP contribution in [0.15, 0.2) is 82.7 Å². The average Bonchev–Trinajstić information content (AvgIpc) is 3.35. The molecule has 0 bridgehead atoms. The van der Waals surface area contributed by atoms with Crippen molar-refractivity contribution in [2.45, 2.75) is 6.92 Å². The van der Waals surface area contributed by atoms with Crippen molar-refractivity contribution in [1.29, 1.82) is 5.41 Å². The molecule has 0 aliphatic carbocycles. The summed E-state index contributed by atoms with van der Waals surface area (Å²) in [5.74, 6) is 1.09. The molecule has 2 aliphatic rings. The van der Waals surface area contributed by atoms with Crippen LogP contribution in [-0.2, 0) is 4.79 Å². The topological polar surface area (TPSA) is 84.2 Å². The zero-order chi connectivity index (χ0) is 26.6. The molecule has 38 heavy (non-hydrogen) atoms. The largest absolute Gasteiger partial charge is 0.493 e. The number of amidine groups is 2. The van der Waals surface area contributed by atoms with Gasteiger partial charge in [-0.15, -0.1) is 0 Å². The van der Waals surface area contributed by atoms with Crippen LogP contribution in [0.4, 0.5) is 0 Å². The van der Waals surface area contributed by atoms with E-state index < -0.39 is 5.91 Å². The van der Waals surface area contributed by atoms with Crippen LogP contribution in [0.1, 0.15) is 16.7 Å². The lowest BCUT2D eigenvalue weighted by molar-refractivity contribution is -0.114. The Bertz CT molecular complexity index is 1480. The summed E-state index contributed by atoms with van der Waals surface area (Å²) in [5.41, 5.74) is 3.62. The highest BCUT2D eigenvalue weighted by Crippen LogP contribution is 2.39. The number of benzene rings is 3. The van der Waals surface area contributed by atoms with Crippen molar-refractivity contribution in [3.8, 4) is 17.2 Å². The third kappa shape index (κ3) is 5.32. The molecule has 0 fully saturated rings. The van der Waals surface area contributed by atoms with Gasteiger partial charge in [-0.05, 0) is 48.4 Å². The van der Waals surface area contributed by atoms with Crippen molar-refractivity contribution in [1.82, 2.24) is 4.90 Å². The van der Waals surface area contributed by atoms with E-state index in [0.717, 1.165) is 22.6 Å². The van der Waals surface area contributed by atoms with Crippen LogP contribution < -0.4 is 14.2 Å². The molecule has 0 aromatic heterocycles. The molecule has 2 heterocycles. The number of halogens is 1. The number of fused-ring (bicyclic) bond motifs is 1. The Morgan fingerprint density at radius 3 is 2.53 bits per heavy atom. The number of carbonyl (C=O) groups excluding carboxylic acids is 1. The van der Waals surface area contributed by atoms with Gasteiger partial charge in [0.15, 0.2) is 16.7 Å². The zero-order valence-corrected chi connectivity index (χ0v) is 22.3. The first kappa shape index (κ1) is 25.6. The lowest BCUT2D eigenvalue weighted by atomic mass is 10.1. The maximum absolute atomic E-state index is 12.8. The molecule has 0 saturated carbocycles. The number of amides is 1. The molecule has 0 spiro atoms. The highest BCUT2D eigenvalue weighted by molar-refractivity contribution is 8.17. The van der Waals surface area contributed by atoms with Crippen LogP contribution in [0, 0.1) is 12.3 Å². The van der Waals surface area contributed by atoms with Gasteiger partial charge in [0.25, 0.3) is 5.91 Å². The maximum Gasteiger partial charge on any atom is 0.283 e. The first-order valence-electron chi connectivity index (χ1n) is 11.8. The molecule has 1 N–H and O–H groups in total. The SMILES string of the molecule is COc1cc(/C=C2/C(=N)N3C(c4ccccc4)=CSC3=NC2=O)cc(Cl)c1OCCOc1ccc(C)cc1. The number of hydrogen-bond donors (Lipinski definition) is 1. The van der Waals surface area contributed by atoms with Gasteiger partial charge in [-0.3, -0.25) is 15.1 Å². The standard InChI is InChI=1S/C29H24ClN3O4S/c1-18-8-10-21(11-9-18)36-12-13-37-26-23(30)15-19(16-25(26)35-2)14-22-27(31)33-24(20-6-4-3-5-7-20)17-38-29(33)32-28(22)34/h3-11,14-17,31H,12-13H2,1-2H3/b22-14-,31-27?. The fraction of sp³-hybridized carbons (Fsp3) is 0.138. The molecule has 3 aromatic rings. The molecule has 7 nitrogen and oxygen atoms in total. The van der Waals surface area contributed by atoms with E-state index in [-0.39, 0.29) is 18.0 Å². The van der Waals surface area contributed by atoms with E-state index in [1.54, 1.807) is 23.1 Å². The molecule has 0 atom stereocenters. The average molecular weight is 546 g/mol. The number of ether oxygens (including phenoxy) is 3. The van der Waals surface area contributed by atoms with Gasteiger partial charge in [-0.25, -0.2) is 0 Å². The van der Waals surface area contributed by atoms with Crippen molar-refractivity contribution >= 4 is 52.0 Å². The first-order chi connectivity index (χ1) is 18.4. The first-order valence-corrected chi connectivity index (χ1v) is 13.1. The number of nitrogens with one attached hydrogen (secondary N) is 1. The molecule has 9 heteroatoms. The minimum absolute atomic E-state index is 0.0452. The highest BCUT2D eigenvalue weighted by Gasteiger charge is 2.36. The minimum Gasteiger partial charge on any atom is -0.493 e. The summed E-state index contributed by atoms with van der Waals surface area (Å²) in [7, 11) is 1.51. The van der Waals surface area contributed by atoms with E-state index >= 15 is 0 Å². The van der Waals surface area contributed by atoms with Gasteiger partial charge in [0, 0.05) is 5.41 Å². The number of methoxy groups -OCH3 is 1. The summed E-state index contributed by atoms with van der Waals surface area (Å²) in [6, 6.07) is 20.8. The second kappa shape index (κ2) is 11.2. The molecule has 0 saturated heterocycles. The van der Waals surface area contributed by atoms with Crippen LogP contribution in [0.3, 0.4) is 0 Å². The molecular weight excluding hydrogens is 522 g/mol. The minimum atomic E-state index is -0.486. The summed E-state index contributed by atoms with van der Waals surface area (Å²) >= 11 is 7.87. The molecule has 192 valence electrons. The predicted octanol–water partition coefficient (Wildman–Crippen LogP) is 6.42. The number of thioether (sulfide) groups is 1. The van der Waals surface area contributed by atoms with E-state index in [2.05, 4.69) is 4.99 Å². The number of aliphatic imine (C=N–C) groups is 1. The Hall–Kier alpha value is -4.01. The smallest absolute Gasteiger partial charge is 0.283 e. The zero-order valence-electron chi connectivity index (χ0n) is 20.7. The van der Waals surface area contributed by atoms with Crippen molar-refractivity contribution in [2.24, 2.45) is 4.99 Å². The van der Waals surface area contributed by atoms with Crippen molar-refractivity contribution in [3.63, 3.8) is 0 Å². The number of rotatable bonds is 8. The molecule has 5 rings (SSSR count). The van der Waals surface area contributed by atoms with Gasteiger partial charge in [-0.2, -0.15) is 4.99 Å². The van der Waals surface area contributed by atoms with Crippen molar-refractivity contribution < 1.29 is 19.0 Å². The summed E-state index contributed by atoms with van der Waals surface area (Å²) in [4.78, 5) is 18.7. The Balaban J connectivity index is 1.34. The predicted molar refractivity (Wildman–Crippen MR) is 152 cm³/mol. The molecule has 0 radical (unpaired) electrons. The van der Waals surface area contributed by atoms with E-state index in [4.69, 9.17) is 31.2 Å². The molecule has 1 amide bonds. The van der Waals surface area contributed by atoms with E-state index in [1.165, 1.54) is 18.9 Å². The number of nitrogens with zero attached hydrogens (tertiary/aromatic N) is 2. The van der Waals surface area contributed by atoms with Gasteiger partial charge >= 0.3 is 0 Å². The number of carbonyl (C=O) groups is 1. The summed E-state index contributed by atoms with van der Waals surface area (Å²) in [6.07, 6.45) is 1.59. The Labute approximate surface area is 229 Å². The summed E-state index contributed by atoms with van der Waals surface area (Å²) in [5, 5.41) is 11.5. The van der Waals surface area contributed by atoms with Gasteiger partial charge in [-0.1, -0.05) is 71.4 Å². The summed E-state index contributed by atoms with van der Waals surface area (Å²) < 4.78 is 17.1. The summed E-state index contributed by atoms with van der Waals surface area (Å²) in [6.45, 7) is 2.60. The third-order valence-electron chi connectivity index (χ3n) is 5.87. The van der Waals surface area contributed by atoms with Crippen LogP contribution in [0.2, 0.25) is 5.02 Å². The second-order valence-electron chi connectivity index (χ2n) is 8.47. The molecule has 0 unspecified atom stereocenters. The quantitative estimate of drug-likeness (QED) is 0.260. The van der Waals surface area contributed by atoms with Crippen LogP contribution in [0.5, 0.6) is 17.2 Å². The molecule has 3 aromatic carbocycles. The Morgan fingerprint density at radius 2 is 1.79 bits per heavy atom. The van der Waals surface area contributed by atoms with E-state index in [0.29, 0.717) is 33.9 Å². The van der Waals surface area contributed by atoms with Crippen molar-refractivity contribution in [2.75, 3.05) is 20.3 Å². The second-order valence-corrected chi connectivity index (χ2v) is 9.72. The van der Waals surface area contributed by atoms with Gasteiger partial charge < -0.3 is 14.2 Å². The fourth-order valence-corrected chi connectivity index (χ4v) is 5.14. The van der Waals surface area contributed by atoms with E-state index in [9.17, 15) is 4.79 Å². The lowest BCUT2D eigenvalue weighted by Crippen LogP contribution is -2.38. The molecular formula is C29H24ClN3O4S. The van der Waals surface area contributed by atoms with Crippen LogP contribution in [0.25, 0.3) is 11.8 Å². The van der Waals surface area contributed by atoms with Crippen LogP contribution in [-0.4, -0.2) is 42.1 Å². The van der Waals surface area contributed by atoms with Crippen molar-refractivity contribution in [3.05, 3.63) is 99.4 Å². The Morgan fingerprint density at radius 1 is 1.05 bits per heavy atom. The highest BCUT2D eigenvalue weighted by atomic mass is 35.5. The maximum atomic E-state index is 12.8. The normalized spacial score (nSPS) is 15.8. The van der Waals surface area contributed by atoms with E-state index in [1.807, 2.05) is 66.9 Å². The van der Waals surface area contributed by atoms with Gasteiger partial charge in [0.1, 0.15) is 24.8 Å². The lowest BCUT2D eigenvalue weighted by Gasteiger charge is -2.27. The van der Waals surface area contributed by atoms with Gasteiger partial charge in [0.05, 0.1) is 23.4 Å². The third-order valence-corrected chi connectivity index (χ3v) is 6.97. The Kier molecular flexibility index (Phi) is 7.53. The monoisotopic (exact) mass is 545 g/mol. The van der Waals surface area contributed by atoms with Gasteiger partial charge in [0.2, 0.25) is 0 Å². The fourth-order valence-electron chi connectivity index (χ4n) is 3.98. The van der Waals surface area contributed by atoms with Crippen LogP contribution >= 0.6 is 23.4 Å².